The number of amides is 2. The maximum atomic E-state index is 12.2. The average molecular weight is 396 g/mol. The second-order valence-corrected chi connectivity index (χ2v) is 6.08. The highest BCUT2D eigenvalue weighted by molar-refractivity contribution is 5.99. The molecule has 3 aromatic carbocycles. The van der Waals surface area contributed by atoms with Crippen LogP contribution in [0, 0.1) is 0 Å². The zero-order valence-corrected chi connectivity index (χ0v) is 15.3. The highest BCUT2D eigenvalue weighted by Gasteiger charge is 2.09. The van der Waals surface area contributed by atoms with Crippen LogP contribution in [-0.2, 0) is 4.79 Å². The Morgan fingerprint density at radius 2 is 1.45 bits per heavy atom. The van der Waals surface area contributed by atoms with Gasteiger partial charge in [0.1, 0.15) is 5.75 Å². The van der Waals surface area contributed by atoms with Crippen LogP contribution in [0.15, 0.2) is 78.9 Å². The van der Waals surface area contributed by atoms with E-state index in [1.165, 1.54) is 24.3 Å². The van der Waals surface area contributed by atoms with Crippen LogP contribution < -0.4 is 15.4 Å². The molecule has 5 nitrogen and oxygen atoms in total. The van der Waals surface area contributed by atoms with Crippen LogP contribution in [0.4, 0.5) is 14.5 Å². The molecular formula is C22H18F2N2O3. The molecule has 0 unspecified atom stereocenters. The highest BCUT2D eigenvalue weighted by atomic mass is 19.3. The number of hydrogen-bond acceptors (Lipinski definition) is 3. The molecule has 2 amide bonds. The molecule has 29 heavy (non-hydrogen) atoms. The number of anilines is 1. The predicted molar refractivity (Wildman–Crippen MR) is 106 cm³/mol. The van der Waals surface area contributed by atoms with Crippen LogP contribution in [0.1, 0.15) is 10.4 Å². The normalized spacial score (nSPS) is 10.4. The van der Waals surface area contributed by atoms with E-state index < -0.39 is 12.5 Å². The fourth-order valence-corrected chi connectivity index (χ4v) is 2.63. The summed E-state index contributed by atoms with van der Waals surface area (Å²) in [4.78, 5) is 24.2. The standard InChI is InChI=1S/C22H18F2N2O3/c23-22(24)29-19-12-10-18(11-13-19)26-20(27)14-25-21(28)17-8-6-16(7-9-17)15-4-2-1-3-5-15/h1-13,22H,14H2,(H,25,28)(H,26,27). The minimum absolute atomic E-state index is 0.00903. The molecule has 2 N–H and O–H groups in total. The molecule has 0 saturated heterocycles. The summed E-state index contributed by atoms with van der Waals surface area (Å²) >= 11 is 0. The first-order valence-electron chi connectivity index (χ1n) is 8.80. The van der Waals surface area contributed by atoms with Gasteiger partial charge in [0.05, 0.1) is 6.54 Å². The molecule has 0 aliphatic carbocycles. The Balaban J connectivity index is 1.50. The average Bonchev–Trinajstić information content (AvgIpc) is 2.74. The Bertz CT molecular complexity index is 960. The molecule has 0 saturated carbocycles. The van der Waals surface area contributed by atoms with Gasteiger partial charge in [0.2, 0.25) is 5.91 Å². The van der Waals surface area contributed by atoms with E-state index in [0.717, 1.165) is 11.1 Å². The van der Waals surface area contributed by atoms with Crippen molar-refractivity contribution in [3.05, 3.63) is 84.4 Å². The van der Waals surface area contributed by atoms with Gasteiger partial charge < -0.3 is 15.4 Å². The number of hydrogen-bond donors (Lipinski definition) is 2. The third-order valence-electron chi connectivity index (χ3n) is 4.03. The van der Waals surface area contributed by atoms with Gasteiger partial charge in [0.15, 0.2) is 0 Å². The highest BCUT2D eigenvalue weighted by Crippen LogP contribution is 2.19. The maximum Gasteiger partial charge on any atom is 0.387 e. The quantitative estimate of drug-likeness (QED) is 0.625. The molecule has 3 rings (SSSR count). The lowest BCUT2D eigenvalue weighted by molar-refractivity contribution is -0.115. The number of benzene rings is 3. The van der Waals surface area contributed by atoms with Gasteiger partial charge in [0, 0.05) is 11.3 Å². The van der Waals surface area contributed by atoms with Gasteiger partial charge in [0.25, 0.3) is 5.91 Å². The van der Waals surface area contributed by atoms with Crippen molar-refractivity contribution in [3.8, 4) is 16.9 Å². The molecule has 0 spiro atoms. The van der Waals surface area contributed by atoms with Crippen molar-refractivity contribution in [3.63, 3.8) is 0 Å². The number of ether oxygens (including phenoxy) is 1. The topological polar surface area (TPSA) is 67.4 Å². The van der Waals surface area contributed by atoms with Crippen molar-refractivity contribution in [2.45, 2.75) is 6.61 Å². The van der Waals surface area contributed by atoms with Gasteiger partial charge in [-0.3, -0.25) is 9.59 Å². The first kappa shape index (κ1) is 20.0. The summed E-state index contributed by atoms with van der Waals surface area (Å²) in [6.45, 7) is -3.14. The van der Waals surface area contributed by atoms with Crippen molar-refractivity contribution in [1.29, 1.82) is 0 Å². The molecule has 148 valence electrons. The summed E-state index contributed by atoms with van der Waals surface area (Å²) in [7, 11) is 0. The Kier molecular flexibility index (Phi) is 6.52. The number of nitrogens with one attached hydrogen (secondary N) is 2. The van der Waals surface area contributed by atoms with E-state index in [9.17, 15) is 18.4 Å². The first-order valence-corrected chi connectivity index (χ1v) is 8.80. The molecule has 0 aliphatic heterocycles. The lowest BCUT2D eigenvalue weighted by Crippen LogP contribution is -2.32. The molecule has 3 aromatic rings. The molecular weight excluding hydrogens is 378 g/mol. The van der Waals surface area contributed by atoms with E-state index in [2.05, 4.69) is 15.4 Å². The van der Waals surface area contributed by atoms with Gasteiger partial charge in [-0.2, -0.15) is 8.78 Å². The van der Waals surface area contributed by atoms with Crippen LogP contribution >= 0.6 is 0 Å². The largest absolute Gasteiger partial charge is 0.435 e. The molecule has 7 heteroatoms. The molecule has 0 aromatic heterocycles. The van der Waals surface area contributed by atoms with Gasteiger partial charge in [-0.25, -0.2) is 0 Å². The van der Waals surface area contributed by atoms with Crippen LogP contribution in [0.25, 0.3) is 11.1 Å². The summed E-state index contributed by atoms with van der Waals surface area (Å²) < 4.78 is 28.5. The monoisotopic (exact) mass is 396 g/mol. The van der Waals surface area contributed by atoms with E-state index in [0.29, 0.717) is 11.3 Å². The molecule has 0 heterocycles. The van der Waals surface area contributed by atoms with Crippen molar-refractivity contribution in [2.75, 3.05) is 11.9 Å². The van der Waals surface area contributed by atoms with Gasteiger partial charge in [-0.1, -0.05) is 42.5 Å². The van der Waals surface area contributed by atoms with E-state index >= 15 is 0 Å². The number of rotatable bonds is 7. The summed E-state index contributed by atoms with van der Waals surface area (Å²) in [5, 5.41) is 5.10. The van der Waals surface area contributed by atoms with Crippen molar-refractivity contribution < 1.29 is 23.1 Å². The smallest absolute Gasteiger partial charge is 0.387 e. The summed E-state index contributed by atoms with van der Waals surface area (Å²) in [6, 6.07) is 22.3. The molecule has 0 bridgehead atoms. The number of halogens is 2. The van der Waals surface area contributed by atoms with Crippen LogP contribution in [0.5, 0.6) is 5.75 Å². The van der Waals surface area contributed by atoms with Crippen molar-refractivity contribution in [2.24, 2.45) is 0 Å². The summed E-state index contributed by atoms with van der Waals surface area (Å²) in [5.41, 5.74) is 2.87. The van der Waals surface area contributed by atoms with Crippen LogP contribution in [0.3, 0.4) is 0 Å². The second kappa shape index (κ2) is 9.45. The Morgan fingerprint density at radius 3 is 2.07 bits per heavy atom. The first-order chi connectivity index (χ1) is 14.0. The van der Waals surface area contributed by atoms with E-state index in [4.69, 9.17) is 0 Å². The van der Waals surface area contributed by atoms with E-state index in [-0.39, 0.29) is 18.2 Å². The Morgan fingerprint density at radius 1 is 0.828 bits per heavy atom. The lowest BCUT2D eigenvalue weighted by Gasteiger charge is -2.09. The summed E-state index contributed by atoms with van der Waals surface area (Å²) in [6.07, 6.45) is 0. The Labute approximate surface area is 166 Å². The fourth-order valence-electron chi connectivity index (χ4n) is 2.63. The zero-order valence-electron chi connectivity index (χ0n) is 15.3. The lowest BCUT2D eigenvalue weighted by atomic mass is 10.0. The van der Waals surface area contributed by atoms with Crippen molar-refractivity contribution in [1.82, 2.24) is 5.32 Å². The fraction of sp³-hybridized carbons (Fsp3) is 0.0909. The number of alkyl halides is 2. The zero-order chi connectivity index (χ0) is 20.6. The third-order valence-corrected chi connectivity index (χ3v) is 4.03. The van der Waals surface area contributed by atoms with E-state index in [1.807, 2.05) is 42.5 Å². The van der Waals surface area contributed by atoms with Gasteiger partial charge >= 0.3 is 6.61 Å². The Hall–Kier alpha value is -3.74. The van der Waals surface area contributed by atoms with Crippen LogP contribution in [-0.4, -0.2) is 25.0 Å². The maximum absolute atomic E-state index is 12.2. The van der Waals surface area contributed by atoms with Gasteiger partial charge in [-0.15, -0.1) is 0 Å². The second-order valence-electron chi connectivity index (χ2n) is 6.08. The van der Waals surface area contributed by atoms with Crippen LogP contribution in [0.2, 0.25) is 0 Å². The third kappa shape index (κ3) is 5.87. The number of carbonyl (C=O) groups is 2. The van der Waals surface area contributed by atoms with Gasteiger partial charge in [-0.05, 0) is 47.5 Å². The molecule has 0 aliphatic rings. The SMILES string of the molecule is O=C(CNC(=O)c1ccc(-c2ccccc2)cc1)Nc1ccc(OC(F)F)cc1. The minimum Gasteiger partial charge on any atom is -0.435 e. The number of carbonyl (C=O) groups excluding carboxylic acids is 2. The molecule has 0 fully saturated rings. The summed E-state index contributed by atoms with van der Waals surface area (Å²) in [5.74, 6) is -0.826. The van der Waals surface area contributed by atoms with Crippen molar-refractivity contribution >= 4 is 17.5 Å². The molecule has 0 radical (unpaired) electrons. The minimum atomic E-state index is -2.91. The predicted octanol–water partition coefficient (Wildman–Crippen LogP) is 4.32. The molecule has 0 atom stereocenters. The van der Waals surface area contributed by atoms with E-state index in [1.54, 1.807) is 12.1 Å².